The molecule has 4 aromatic heterocycles. The molecule has 0 bridgehead atoms. The van der Waals surface area contributed by atoms with Crippen molar-refractivity contribution in [2.75, 3.05) is 0 Å². The number of benzene rings is 15. The summed E-state index contributed by atoms with van der Waals surface area (Å²) in [4.78, 5) is 10.5. The minimum Gasteiger partial charge on any atom is -0.309 e. The van der Waals surface area contributed by atoms with Crippen molar-refractivity contribution in [3.63, 3.8) is 0 Å². The van der Waals surface area contributed by atoms with Crippen molar-refractivity contribution in [1.82, 2.24) is 23.7 Å². The van der Waals surface area contributed by atoms with Crippen LogP contribution in [0, 0.1) is 0 Å². The molecule has 15 aromatic carbocycles. The van der Waals surface area contributed by atoms with E-state index in [-0.39, 0.29) is 0 Å². The van der Waals surface area contributed by atoms with Gasteiger partial charge in [-0.2, -0.15) is 0 Å². The minimum atomic E-state index is 0.683. The van der Waals surface area contributed by atoms with E-state index in [1.165, 1.54) is 82.2 Å². The van der Waals surface area contributed by atoms with E-state index in [1.807, 2.05) is 18.2 Å². The molecule has 462 valence electrons. The van der Waals surface area contributed by atoms with Crippen LogP contribution in [0.4, 0.5) is 0 Å². The van der Waals surface area contributed by atoms with Gasteiger partial charge >= 0.3 is 0 Å². The molecule has 0 saturated carbocycles. The zero-order chi connectivity index (χ0) is 65.3. The van der Waals surface area contributed by atoms with Crippen molar-refractivity contribution in [1.29, 1.82) is 0 Å². The Labute approximate surface area is 573 Å². The molecule has 0 aliphatic carbocycles. The second-order valence-corrected chi connectivity index (χ2v) is 25.7. The van der Waals surface area contributed by atoms with Gasteiger partial charge in [0.2, 0.25) is 0 Å². The lowest BCUT2D eigenvalue weighted by atomic mass is 9.92. The Hall–Kier alpha value is -13.2. The third-order valence-electron chi connectivity index (χ3n) is 19.9. The third-order valence-corrected chi connectivity index (χ3v) is 19.9. The molecule has 99 heavy (non-hydrogen) atoms. The van der Waals surface area contributed by atoms with Crippen LogP contribution in [0.5, 0.6) is 0 Å². The maximum Gasteiger partial charge on any atom is 0.160 e. The lowest BCUT2D eigenvalue weighted by molar-refractivity contribution is 1.18. The summed E-state index contributed by atoms with van der Waals surface area (Å²) in [6.07, 6.45) is 0. The molecule has 0 spiro atoms. The summed E-state index contributed by atoms with van der Waals surface area (Å²) in [6.45, 7) is 0. The second-order valence-electron chi connectivity index (χ2n) is 25.7. The van der Waals surface area contributed by atoms with E-state index in [1.54, 1.807) is 0 Å². The summed E-state index contributed by atoms with van der Waals surface area (Å²) >= 11 is 0. The topological polar surface area (TPSA) is 40.6 Å². The number of rotatable bonds is 12. The smallest absolute Gasteiger partial charge is 0.160 e. The van der Waals surface area contributed by atoms with Gasteiger partial charge in [0.25, 0.3) is 0 Å². The summed E-state index contributed by atoms with van der Waals surface area (Å²) in [5.74, 6) is 0.683. The number of fused-ring (bicyclic) bond motifs is 9. The molecule has 5 heteroatoms. The first-order chi connectivity index (χ1) is 49.0. The van der Waals surface area contributed by atoms with Crippen LogP contribution in [-0.2, 0) is 0 Å². The Morgan fingerprint density at radius 1 is 0.152 bits per heavy atom. The standard InChI is InChI=1S/C94H61N5/c1-3-19-62(20-4-1)74-57-75(66-45-52-78(53-46-66)98-90-34-14-9-29-82(90)83-30-10-15-35-91(83)98)59-76(58-74)71-25-17-23-69(55-71)65-43-50-79(51-44-65)99-92-36-16-11-31-84(92)85-60-72(47-54-93(85)99)70-24-18-26-73(56-70)87-61-86(95-94(96-87)68-21-5-2-6-22-68)67-39-37-63(38-40-67)64-41-48-77(49-42-64)97-88-32-12-7-27-80(88)81-28-8-13-33-89(81)97/h1-61H. The lowest BCUT2D eigenvalue weighted by Crippen LogP contribution is -1.96. The van der Waals surface area contributed by atoms with Crippen LogP contribution >= 0.6 is 0 Å². The van der Waals surface area contributed by atoms with Gasteiger partial charge in [-0.15, -0.1) is 0 Å². The quantitative estimate of drug-likeness (QED) is 0.122. The first kappa shape index (κ1) is 57.2. The third kappa shape index (κ3) is 10.2. The van der Waals surface area contributed by atoms with Crippen molar-refractivity contribution in [2.24, 2.45) is 0 Å². The van der Waals surface area contributed by atoms with Gasteiger partial charge in [-0.1, -0.05) is 255 Å². The first-order valence-corrected chi connectivity index (χ1v) is 33.8. The molecule has 0 unspecified atom stereocenters. The molecule has 0 N–H and O–H groups in total. The SMILES string of the molecule is c1ccc(-c2cc(-c3ccc(-n4c5ccccc5c5ccccc54)cc3)cc(-c3cccc(-c4ccc(-n5c6ccccc6c6cc(-c7cccc(-c8cc(-c9ccc(-c%10ccc(-n%11c%12ccccc%12c%12ccccc%12%11)cc%10)cc9)nc(-c9ccccc9)n8)c7)ccc65)cc4)c3)c2)cc1. The van der Waals surface area contributed by atoms with Crippen LogP contribution in [-0.4, -0.2) is 23.7 Å². The van der Waals surface area contributed by atoms with Gasteiger partial charge < -0.3 is 13.7 Å². The van der Waals surface area contributed by atoms with Gasteiger partial charge in [-0.3, -0.25) is 0 Å². The van der Waals surface area contributed by atoms with E-state index in [9.17, 15) is 0 Å². The van der Waals surface area contributed by atoms with Crippen LogP contribution in [0.1, 0.15) is 0 Å². The van der Waals surface area contributed by atoms with Crippen LogP contribution in [0.25, 0.3) is 183 Å². The van der Waals surface area contributed by atoms with Gasteiger partial charge in [0.1, 0.15) is 0 Å². The van der Waals surface area contributed by atoms with Crippen molar-refractivity contribution >= 4 is 65.4 Å². The molecule has 19 rings (SSSR count). The number of nitrogens with zero attached hydrogens (tertiary/aromatic N) is 5. The highest BCUT2D eigenvalue weighted by Gasteiger charge is 2.19. The molecular weight excluding hydrogens is 1200 g/mol. The fourth-order valence-corrected chi connectivity index (χ4v) is 15.0. The summed E-state index contributed by atoms with van der Waals surface area (Å²) in [7, 11) is 0. The van der Waals surface area contributed by atoms with Gasteiger partial charge in [0.05, 0.1) is 44.5 Å². The molecule has 5 nitrogen and oxygen atoms in total. The Balaban J connectivity index is 0.613. The molecule has 0 aliphatic rings. The largest absolute Gasteiger partial charge is 0.309 e. The van der Waals surface area contributed by atoms with E-state index in [2.05, 4.69) is 366 Å². The van der Waals surface area contributed by atoms with Gasteiger partial charge in [-0.05, 0) is 182 Å². The van der Waals surface area contributed by atoms with Crippen molar-refractivity contribution in [3.8, 4) is 118 Å². The van der Waals surface area contributed by atoms with Crippen LogP contribution < -0.4 is 0 Å². The normalized spacial score (nSPS) is 11.6. The number of para-hydroxylation sites is 5. The molecule has 0 radical (unpaired) electrons. The molecule has 0 saturated heterocycles. The second kappa shape index (κ2) is 23.9. The zero-order valence-electron chi connectivity index (χ0n) is 54.0. The lowest BCUT2D eigenvalue weighted by Gasteiger charge is -2.14. The maximum atomic E-state index is 5.27. The average molecular weight is 1260 g/mol. The first-order valence-electron chi connectivity index (χ1n) is 33.8. The minimum absolute atomic E-state index is 0.683. The molecule has 4 heterocycles. The predicted molar refractivity (Wildman–Crippen MR) is 414 cm³/mol. The zero-order valence-corrected chi connectivity index (χ0v) is 54.0. The summed E-state index contributed by atoms with van der Waals surface area (Å²) in [6, 6.07) is 134. The highest BCUT2D eigenvalue weighted by Crippen LogP contribution is 2.41. The molecule has 0 fully saturated rings. The summed E-state index contributed by atoms with van der Waals surface area (Å²) in [5.41, 5.74) is 29.1. The summed E-state index contributed by atoms with van der Waals surface area (Å²) < 4.78 is 7.14. The molecule has 19 aromatic rings. The molecule has 0 atom stereocenters. The molecular formula is C94H61N5. The number of aromatic nitrogens is 5. The van der Waals surface area contributed by atoms with Gasteiger partial charge in [-0.25, -0.2) is 9.97 Å². The maximum absolute atomic E-state index is 5.27. The van der Waals surface area contributed by atoms with E-state index in [0.717, 1.165) is 95.1 Å². The number of hydrogen-bond donors (Lipinski definition) is 0. The Kier molecular flexibility index (Phi) is 13.8. The van der Waals surface area contributed by atoms with E-state index < -0.39 is 0 Å². The Bertz CT molecular complexity index is 6190. The van der Waals surface area contributed by atoms with Crippen molar-refractivity contribution in [3.05, 3.63) is 370 Å². The van der Waals surface area contributed by atoms with Crippen molar-refractivity contribution < 1.29 is 0 Å². The highest BCUT2D eigenvalue weighted by atomic mass is 15.0. The average Bonchev–Trinajstić information content (AvgIpc) is 1.62. The monoisotopic (exact) mass is 1260 g/mol. The van der Waals surface area contributed by atoms with E-state index in [4.69, 9.17) is 9.97 Å². The predicted octanol–water partition coefficient (Wildman–Crippen LogP) is 24.8. The van der Waals surface area contributed by atoms with Crippen LogP contribution in [0.2, 0.25) is 0 Å². The fraction of sp³-hybridized carbons (Fsp3) is 0. The molecule has 0 aliphatic heterocycles. The van der Waals surface area contributed by atoms with E-state index in [0.29, 0.717) is 5.82 Å². The van der Waals surface area contributed by atoms with Gasteiger partial charge in [0.15, 0.2) is 5.82 Å². The summed E-state index contributed by atoms with van der Waals surface area (Å²) in [5, 5.41) is 7.43. The van der Waals surface area contributed by atoms with Crippen molar-refractivity contribution in [2.45, 2.75) is 0 Å². The van der Waals surface area contributed by atoms with Crippen LogP contribution in [0.15, 0.2) is 370 Å². The Morgan fingerprint density at radius 2 is 0.414 bits per heavy atom. The van der Waals surface area contributed by atoms with Gasteiger partial charge in [0, 0.05) is 66.1 Å². The highest BCUT2D eigenvalue weighted by molar-refractivity contribution is 6.12. The van der Waals surface area contributed by atoms with E-state index >= 15 is 0 Å². The fourth-order valence-electron chi connectivity index (χ4n) is 15.0. The number of hydrogen-bond acceptors (Lipinski definition) is 2. The Morgan fingerprint density at radius 3 is 0.879 bits per heavy atom. The van der Waals surface area contributed by atoms with Crippen LogP contribution in [0.3, 0.4) is 0 Å². The molecule has 0 amide bonds.